The molecule has 0 atom stereocenters. The molecule has 0 aliphatic carbocycles. The Morgan fingerprint density at radius 3 is 2.53 bits per heavy atom. The maximum absolute atomic E-state index is 13.6. The number of anilines is 2. The summed E-state index contributed by atoms with van der Waals surface area (Å²) in [7, 11) is 0. The highest BCUT2D eigenvalue weighted by atomic mass is 19.1. The third-order valence-corrected chi connectivity index (χ3v) is 5.52. The van der Waals surface area contributed by atoms with Gasteiger partial charge in [-0.25, -0.2) is 24.3 Å². The van der Waals surface area contributed by atoms with E-state index in [1.54, 1.807) is 24.4 Å². The van der Waals surface area contributed by atoms with Crippen LogP contribution >= 0.6 is 0 Å². The third kappa shape index (κ3) is 3.37. The van der Waals surface area contributed by atoms with Gasteiger partial charge in [0.2, 0.25) is 5.95 Å². The summed E-state index contributed by atoms with van der Waals surface area (Å²) >= 11 is 0. The minimum Gasteiger partial charge on any atom is -0.384 e. The molecule has 9 nitrogen and oxygen atoms in total. The van der Waals surface area contributed by atoms with Crippen LogP contribution in [0.2, 0.25) is 0 Å². The first kappa shape index (κ1) is 19.8. The second-order valence-electron chi connectivity index (χ2n) is 7.80. The van der Waals surface area contributed by atoms with Crippen molar-refractivity contribution in [2.75, 3.05) is 11.5 Å². The monoisotopic (exact) mass is 451 g/mol. The lowest BCUT2D eigenvalue weighted by Crippen LogP contribution is -2.06. The Bertz CT molecular complexity index is 1670. The van der Waals surface area contributed by atoms with E-state index in [0.717, 1.165) is 22.5 Å². The minimum atomic E-state index is -0.335. The molecule has 4 N–H and O–H groups in total. The van der Waals surface area contributed by atoms with Crippen molar-refractivity contribution in [1.29, 1.82) is 0 Å². The van der Waals surface area contributed by atoms with E-state index in [9.17, 15) is 4.39 Å². The molecule has 0 aliphatic rings. The van der Waals surface area contributed by atoms with Crippen LogP contribution in [0.25, 0.3) is 33.7 Å². The van der Waals surface area contributed by atoms with Crippen molar-refractivity contribution < 1.29 is 4.39 Å². The average molecular weight is 451 g/mol. The van der Waals surface area contributed by atoms with Gasteiger partial charge in [-0.2, -0.15) is 4.52 Å². The first-order chi connectivity index (χ1) is 16.5. The summed E-state index contributed by atoms with van der Waals surface area (Å²) in [5, 5.41) is 4.58. The van der Waals surface area contributed by atoms with Crippen LogP contribution < -0.4 is 11.5 Å². The molecule has 6 aromatic rings. The average Bonchev–Trinajstić information content (AvgIpc) is 3.46. The molecule has 0 amide bonds. The molecule has 34 heavy (non-hydrogen) atoms. The Balaban J connectivity index is 1.59. The zero-order valence-corrected chi connectivity index (χ0v) is 17.8. The van der Waals surface area contributed by atoms with Gasteiger partial charge < -0.3 is 15.9 Å². The topological polar surface area (TPSA) is 125 Å². The number of hydrogen-bond donors (Lipinski definition) is 2. The van der Waals surface area contributed by atoms with E-state index in [0.29, 0.717) is 35.0 Å². The number of nitrogens with two attached hydrogens (primary N) is 2. The highest BCUT2D eigenvalue weighted by molar-refractivity contribution is 5.90. The molecule has 0 saturated carbocycles. The predicted octanol–water partition coefficient (Wildman–Crippen LogP) is 3.40. The fourth-order valence-electron chi connectivity index (χ4n) is 3.98. The van der Waals surface area contributed by atoms with Gasteiger partial charge in [-0.15, -0.1) is 5.10 Å². The summed E-state index contributed by atoms with van der Waals surface area (Å²) in [6, 6.07) is 15.4. The van der Waals surface area contributed by atoms with Crippen LogP contribution in [0.4, 0.5) is 16.2 Å². The SMILES string of the molecule is Nc1cccc(Cc2nc3c(-c4ccc5nccn5c4)c(-c4ccc(F)cc4)nc(N)n3n2)n1. The molecule has 166 valence electrons. The third-order valence-electron chi connectivity index (χ3n) is 5.52. The van der Waals surface area contributed by atoms with Gasteiger partial charge in [0.15, 0.2) is 11.5 Å². The summed E-state index contributed by atoms with van der Waals surface area (Å²) in [5.74, 6) is 0.780. The van der Waals surface area contributed by atoms with Crippen LogP contribution in [0.5, 0.6) is 0 Å². The van der Waals surface area contributed by atoms with Crippen molar-refractivity contribution in [3.63, 3.8) is 0 Å². The lowest BCUT2D eigenvalue weighted by molar-refractivity contribution is 0.628. The molecule has 10 heteroatoms. The van der Waals surface area contributed by atoms with Gasteiger partial charge in [0, 0.05) is 29.7 Å². The van der Waals surface area contributed by atoms with Gasteiger partial charge in [-0.05, 0) is 48.5 Å². The number of rotatable bonds is 4. The normalized spacial score (nSPS) is 11.4. The van der Waals surface area contributed by atoms with E-state index >= 15 is 0 Å². The Kier molecular flexibility index (Phi) is 4.44. The van der Waals surface area contributed by atoms with Crippen LogP contribution in [0.15, 0.2) is 73.2 Å². The summed E-state index contributed by atoms with van der Waals surface area (Å²) < 4.78 is 17.1. The Morgan fingerprint density at radius 1 is 0.882 bits per heavy atom. The predicted molar refractivity (Wildman–Crippen MR) is 126 cm³/mol. The van der Waals surface area contributed by atoms with Crippen molar-refractivity contribution in [2.24, 2.45) is 0 Å². The number of fused-ring (bicyclic) bond motifs is 2. The maximum Gasteiger partial charge on any atom is 0.223 e. The number of aromatic nitrogens is 7. The molecular formula is C24H18FN9. The van der Waals surface area contributed by atoms with E-state index in [2.05, 4.69) is 20.1 Å². The standard InChI is InChI=1S/C24H18FN9/c25-16-7-4-14(5-8-16)22-21(15-6-9-20-28-10-11-33(20)13-15)23-30-19(32-34(23)24(27)31-22)12-17-2-1-3-18(26)29-17/h1-11,13H,12H2,(H2,26,29)(H2,27,31). The van der Waals surface area contributed by atoms with Crippen LogP contribution in [0, 0.1) is 5.82 Å². The van der Waals surface area contributed by atoms with Crippen molar-refractivity contribution >= 4 is 23.1 Å². The number of nitrogen functional groups attached to an aromatic ring is 2. The maximum atomic E-state index is 13.6. The minimum absolute atomic E-state index is 0.168. The molecule has 6 rings (SSSR count). The number of halogens is 1. The number of imidazole rings is 1. The van der Waals surface area contributed by atoms with Crippen LogP contribution in [0.3, 0.4) is 0 Å². The largest absolute Gasteiger partial charge is 0.384 e. The lowest BCUT2D eigenvalue weighted by Gasteiger charge is -2.12. The molecule has 0 spiro atoms. The number of hydrogen-bond acceptors (Lipinski definition) is 7. The Morgan fingerprint density at radius 2 is 1.71 bits per heavy atom. The number of pyridine rings is 2. The van der Waals surface area contributed by atoms with E-state index in [4.69, 9.17) is 16.5 Å². The smallest absolute Gasteiger partial charge is 0.223 e. The lowest BCUT2D eigenvalue weighted by atomic mass is 10.0. The van der Waals surface area contributed by atoms with Crippen LogP contribution in [-0.4, -0.2) is 34.0 Å². The van der Waals surface area contributed by atoms with Gasteiger partial charge in [-0.3, -0.25) is 0 Å². The molecule has 0 unspecified atom stereocenters. The zero-order valence-electron chi connectivity index (χ0n) is 17.8. The summed E-state index contributed by atoms with van der Waals surface area (Å²) in [6.45, 7) is 0. The molecule has 0 saturated heterocycles. The fraction of sp³-hybridized carbons (Fsp3) is 0.0417. The molecule has 0 aliphatic heterocycles. The Labute approximate surface area is 192 Å². The number of benzene rings is 1. The molecule has 0 radical (unpaired) electrons. The highest BCUT2D eigenvalue weighted by Gasteiger charge is 2.21. The first-order valence-electron chi connectivity index (χ1n) is 10.5. The van der Waals surface area contributed by atoms with Crippen molar-refractivity contribution in [2.45, 2.75) is 6.42 Å². The zero-order chi connectivity index (χ0) is 23.2. The first-order valence-corrected chi connectivity index (χ1v) is 10.5. The molecule has 0 fully saturated rings. The van der Waals surface area contributed by atoms with Gasteiger partial charge in [0.25, 0.3) is 0 Å². The van der Waals surface area contributed by atoms with Gasteiger partial charge in [0.05, 0.1) is 23.4 Å². The number of nitrogens with zero attached hydrogens (tertiary/aromatic N) is 7. The summed E-state index contributed by atoms with van der Waals surface area (Å²) in [4.78, 5) is 18.1. The molecular weight excluding hydrogens is 433 g/mol. The van der Waals surface area contributed by atoms with Gasteiger partial charge in [0.1, 0.15) is 17.3 Å². The van der Waals surface area contributed by atoms with E-state index < -0.39 is 0 Å². The molecule has 1 aromatic carbocycles. The fourth-order valence-corrected chi connectivity index (χ4v) is 3.98. The van der Waals surface area contributed by atoms with Crippen LogP contribution in [0.1, 0.15) is 11.5 Å². The van der Waals surface area contributed by atoms with Crippen LogP contribution in [-0.2, 0) is 6.42 Å². The second-order valence-corrected chi connectivity index (χ2v) is 7.80. The van der Waals surface area contributed by atoms with Crippen molar-refractivity contribution in [3.8, 4) is 22.4 Å². The second kappa shape index (κ2) is 7.62. The van der Waals surface area contributed by atoms with Gasteiger partial charge >= 0.3 is 0 Å². The molecule has 5 aromatic heterocycles. The van der Waals surface area contributed by atoms with E-state index in [1.807, 2.05) is 41.1 Å². The molecule has 5 heterocycles. The van der Waals surface area contributed by atoms with Crippen molar-refractivity contribution in [1.82, 2.24) is 34.0 Å². The summed E-state index contributed by atoms with van der Waals surface area (Å²) in [5.41, 5.74) is 17.0. The highest BCUT2D eigenvalue weighted by Crippen LogP contribution is 2.35. The van der Waals surface area contributed by atoms with Gasteiger partial charge in [-0.1, -0.05) is 6.07 Å². The Hall–Kier alpha value is -4.86. The quantitative estimate of drug-likeness (QED) is 0.421. The van der Waals surface area contributed by atoms with Crippen molar-refractivity contribution in [3.05, 3.63) is 90.5 Å². The summed E-state index contributed by atoms with van der Waals surface area (Å²) in [6.07, 6.45) is 5.90. The van der Waals surface area contributed by atoms with E-state index in [-0.39, 0.29) is 11.8 Å². The van der Waals surface area contributed by atoms with E-state index in [1.165, 1.54) is 16.6 Å². The molecule has 0 bridgehead atoms.